The van der Waals surface area contributed by atoms with Crippen LogP contribution in [0.1, 0.15) is 26.3 Å². The Kier molecular flexibility index (Phi) is 6.98. The van der Waals surface area contributed by atoms with Crippen LogP contribution in [-0.4, -0.2) is 31.9 Å². The van der Waals surface area contributed by atoms with Crippen LogP contribution in [-0.2, 0) is 16.1 Å². The first kappa shape index (κ1) is 17.8. The van der Waals surface area contributed by atoms with Gasteiger partial charge in [-0.1, -0.05) is 22.0 Å². The van der Waals surface area contributed by atoms with Crippen molar-refractivity contribution in [3.05, 3.63) is 28.2 Å². The monoisotopic (exact) mass is 358 g/mol. The molecule has 0 saturated heterocycles. The zero-order valence-electron chi connectivity index (χ0n) is 13.0. The highest BCUT2D eigenvalue weighted by atomic mass is 79.9. The number of ether oxygens (including phenoxy) is 2. The molecule has 0 aliphatic carbocycles. The fourth-order valence-electron chi connectivity index (χ4n) is 1.69. The van der Waals surface area contributed by atoms with E-state index >= 15 is 0 Å². The third-order valence-electron chi connectivity index (χ3n) is 2.52. The van der Waals surface area contributed by atoms with Gasteiger partial charge in [-0.3, -0.25) is 0 Å². The van der Waals surface area contributed by atoms with Crippen molar-refractivity contribution in [3.8, 4) is 0 Å². The second kappa shape index (κ2) is 8.24. The summed E-state index contributed by atoms with van der Waals surface area (Å²) in [4.78, 5) is 11.5. The van der Waals surface area contributed by atoms with E-state index in [-0.39, 0.29) is 0 Å². The van der Waals surface area contributed by atoms with Gasteiger partial charge in [0, 0.05) is 35.9 Å². The number of carbonyl (C=O) groups is 1. The van der Waals surface area contributed by atoms with Crippen LogP contribution in [0.5, 0.6) is 0 Å². The topological polar surface area (TPSA) is 59.6 Å². The Hall–Kier alpha value is -1.27. The molecule has 2 N–H and O–H groups in total. The zero-order valence-corrected chi connectivity index (χ0v) is 14.5. The molecule has 0 atom stereocenters. The van der Waals surface area contributed by atoms with Crippen LogP contribution in [0, 0.1) is 0 Å². The Morgan fingerprint density at radius 1 is 1.29 bits per heavy atom. The minimum absolute atomic E-state index is 0.407. The van der Waals surface area contributed by atoms with Crippen LogP contribution >= 0.6 is 15.9 Å². The maximum absolute atomic E-state index is 11.5. The molecule has 0 aromatic heterocycles. The number of hydrogen-bond acceptors (Lipinski definition) is 4. The fraction of sp³-hybridized carbons (Fsp3) is 0.533. The second-order valence-electron chi connectivity index (χ2n) is 5.55. The molecular weight excluding hydrogens is 336 g/mol. The number of halogens is 1. The fourth-order valence-corrected chi connectivity index (χ4v) is 2.17. The molecule has 0 unspecified atom stereocenters. The van der Waals surface area contributed by atoms with Gasteiger partial charge >= 0.3 is 6.09 Å². The van der Waals surface area contributed by atoms with Crippen LogP contribution in [0.2, 0.25) is 0 Å². The van der Waals surface area contributed by atoms with Crippen LogP contribution in [0.15, 0.2) is 22.7 Å². The summed E-state index contributed by atoms with van der Waals surface area (Å²) >= 11 is 3.50. The second-order valence-corrected chi connectivity index (χ2v) is 6.41. The summed E-state index contributed by atoms with van der Waals surface area (Å²) in [5.74, 6) is 0. The van der Waals surface area contributed by atoms with E-state index in [4.69, 9.17) is 9.47 Å². The van der Waals surface area contributed by atoms with E-state index < -0.39 is 11.7 Å². The molecule has 0 spiro atoms. The lowest BCUT2D eigenvalue weighted by Crippen LogP contribution is -2.35. The van der Waals surface area contributed by atoms with Crippen LogP contribution in [0.3, 0.4) is 0 Å². The molecule has 1 amide bonds. The quantitative estimate of drug-likeness (QED) is 0.763. The van der Waals surface area contributed by atoms with Crippen molar-refractivity contribution in [2.45, 2.75) is 33.0 Å². The molecule has 21 heavy (non-hydrogen) atoms. The maximum atomic E-state index is 11.5. The van der Waals surface area contributed by atoms with E-state index in [9.17, 15) is 4.79 Å². The van der Waals surface area contributed by atoms with E-state index in [0.717, 1.165) is 15.7 Å². The lowest BCUT2D eigenvalue weighted by Gasteiger charge is -2.20. The maximum Gasteiger partial charge on any atom is 0.407 e. The smallest absolute Gasteiger partial charge is 0.407 e. The van der Waals surface area contributed by atoms with Crippen LogP contribution in [0.4, 0.5) is 10.5 Å². The molecule has 5 nitrogen and oxygen atoms in total. The van der Waals surface area contributed by atoms with Gasteiger partial charge in [0.1, 0.15) is 5.60 Å². The molecule has 1 aromatic rings. The van der Waals surface area contributed by atoms with Crippen molar-refractivity contribution in [2.75, 3.05) is 25.5 Å². The molecule has 118 valence electrons. The van der Waals surface area contributed by atoms with Gasteiger partial charge in [0.2, 0.25) is 0 Å². The largest absolute Gasteiger partial charge is 0.444 e. The lowest BCUT2D eigenvalue weighted by molar-refractivity contribution is 0.0530. The standard InChI is InChI=1S/C15H23BrN2O3/c1-15(2,3)21-14(19)18-9-8-17-13-7-5-6-12(16)11(13)10-20-4/h5-7,17H,8-10H2,1-4H3,(H,18,19). The number of anilines is 1. The Morgan fingerprint density at radius 2 is 2.00 bits per heavy atom. The predicted octanol–water partition coefficient (Wildman–Crippen LogP) is 3.53. The molecule has 6 heteroatoms. The van der Waals surface area contributed by atoms with E-state index in [1.165, 1.54) is 0 Å². The van der Waals surface area contributed by atoms with Gasteiger partial charge < -0.3 is 20.1 Å². The third kappa shape index (κ3) is 6.82. The number of amides is 1. The molecule has 0 heterocycles. The lowest BCUT2D eigenvalue weighted by atomic mass is 10.2. The van der Waals surface area contributed by atoms with Gasteiger partial charge in [-0.25, -0.2) is 4.79 Å². The first-order valence-corrected chi connectivity index (χ1v) is 7.60. The molecule has 0 radical (unpaired) electrons. The van der Waals surface area contributed by atoms with Crippen molar-refractivity contribution >= 4 is 27.7 Å². The highest BCUT2D eigenvalue weighted by Gasteiger charge is 2.15. The minimum atomic E-state index is -0.479. The molecule has 0 fully saturated rings. The summed E-state index contributed by atoms with van der Waals surface area (Å²) in [5.41, 5.74) is 1.56. The van der Waals surface area contributed by atoms with Gasteiger partial charge in [0.25, 0.3) is 0 Å². The SMILES string of the molecule is COCc1c(Br)cccc1NCCNC(=O)OC(C)(C)C. The summed E-state index contributed by atoms with van der Waals surface area (Å²) in [5, 5.41) is 5.99. The molecule has 0 aliphatic rings. The van der Waals surface area contributed by atoms with E-state index in [1.807, 2.05) is 39.0 Å². The van der Waals surface area contributed by atoms with E-state index in [0.29, 0.717) is 19.7 Å². The number of rotatable bonds is 6. The predicted molar refractivity (Wildman–Crippen MR) is 87.6 cm³/mol. The Labute approximate surface area is 134 Å². The summed E-state index contributed by atoms with van der Waals surface area (Å²) in [6, 6.07) is 5.90. The Bertz CT molecular complexity index is 472. The summed E-state index contributed by atoms with van der Waals surface area (Å²) < 4.78 is 11.3. The first-order chi connectivity index (χ1) is 9.83. The molecular formula is C15H23BrN2O3. The van der Waals surface area contributed by atoms with Crippen molar-refractivity contribution in [1.82, 2.24) is 5.32 Å². The Balaban J connectivity index is 2.43. The van der Waals surface area contributed by atoms with Gasteiger partial charge in [-0.2, -0.15) is 0 Å². The highest BCUT2D eigenvalue weighted by molar-refractivity contribution is 9.10. The number of methoxy groups -OCH3 is 1. The van der Waals surface area contributed by atoms with Gasteiger partial charge in [0.05, 0.1) is 6.61 Å². The van der Waals surface area contributed by atoms with Gasteiger partial charge in [-0.05, 0) is 32.9 Å². The number of hydrogen-bond donors (Lipinski definition) is 2. The molecule has 1 aromatic carbocycles. The number of alkyl carbamates (subject to hydrolysis) is 1. The van der Waals surface area contributed by atoms with Crippen molar-refractivity contribution in [2.24, 2.45) is 0 Å². The number of carbonyl (C=O) groups excluding carboxylic acids is 1. The third-order valence-corrected chi connectivity index (χ3v) is 3.26. The zero-order chi connectivity index (χ0) is 15.9. The number of nitrogens with one attached hydrogen (secondary N) is 2. The van der Waals surface area contributed by atoms with E-state index in [1.54, 1.807) is 7.11 Å². The summed E-state index contributed by atoms with van der Waals surface area (Å²) in [6.07, 6.45) is -0.407. The molecule has 1 rings (SSSR count). The Morgan fingerprint density at radius 3 is 2.62 bits per heavy atom. The first-order valence-electron chi connectivity index (χ1n) is 6.80. The average molecular weight is 359 g/mol. The van der Waals surface area contributed by atoms with Gasteiger partial charge in [0.15, 0.2) is 0 Å². The minimum Gasteiger partial charge on any atom is -0.444 e. The van der Waals surface area contributed by atoms with E-state index in [2.05, 4.69) is 26.6 Å². The molecule has 0 saturated carbocycles. The van der Waals surface area contributed by atoms with Gasteiger partial charge in [-0.15, -0.1) is 0 Å². The van der Waals surface area contributed by atoms with Crippen LogP contribution in [0.25, 0.3) is 0 Å². The summed E-state index contributed by atoms with van der Waals surface area (Å²) in [7, 11) is 1.66. The summed E-state index contributed by atoms with van der Waals surface area (Å²) in [6.45, 7) is 7.11. The van der Waals surface area contributed by atoms with Crippen molar-refractivity contribution < 1.29 is 14.3 Å². The normalized spacial score (nSPS) is 11.1. The number of benzene rings is 1. The average Bonchev–Trinajstić information content (AvgIpc) is 2.36. The highest BCUT2D eigenvalue weighted by Crippen LogP contribution is 2.25. The molecule has 0 bridgehead atoms. The molecule has 0 aliphatic heterocycles. The van der Waals surface area contributed by atoms with Crippen LogP contribution < -0.4 is 10.6 Å². The van der Waals surface area contributed by atoms with Crippen molar-refractivity contribution in [3.63, 3.8) is 0 Å². The van der Waals surface area contributed by atoms with Crippen molar-refractivity contribution in [1.29, 1.82) is 0 Å².